The summed E-state index contributed by atoms with van der Waals surface area (Å²) >= 11 is 0. The normalized spacial score (nSPS) is 23.1. The number of carboxylic acids is 1. The summed E-state index contributed by atoms with van der Waals surface area (Å²) in [5, 5.41) is 29.9. The summed E-state index contributed by atoms with van der Waals surface area (Å²) in [5.41, 5.74) is 11.1. The molecule has 5 rings (SSSR count). The number of carboxylic acid groups (broad SMARTS) is 1. The Kier molecular flexibility index (Phi) is 19.2. The van der Waals surface area contributed by atoms with Crippen LogP contribution in [0.3, 0.4) is 0 Å². The maximum absolute atomic E-state index is 15.2. The van der Waals surface area contributed by atoms with Crippen LogP contribution in [0.15, 0.2) is 49.3 Å². The Morgan fingerprint density at radius 2 is 1.60 bits per heavy atom. The van der Waals surface area contributed by atoms with E-state index in [-0.39, 0.29) is 74.9 Å². The SMILES string of the molecule is CC[C@@H](C)[C@H](NC(=O)[C@H](Cc1cnc[nH]1)NC1CCC(C(=O)[C@@H](N)Cc2cnc[nH]2)N2CCC[C@H]2C(=O)N([C@H](C=O)Cc2ccc(O)cc2)N[C@@H](CC(=O)O)C(=O)N[C@@H](CC(C)C)C1=O)C(C)=O. The van der Waals surface area contributed by atoms with Gasteiger partial charge in [-0.25, -0.2) is 15.4 Å². The summed E-state index contributed by atoms with van der Waals surface area (Å²) in [7, 11) is 0. The number of ketones is 3. The third kappa shape index (κ3) is 14.2. The number of hydrazine groups is 1. The number of carbonyl (C=O) groups excluding carboxylic acids is 7. The number of carbonyl (C=O) groups is 8. The van der Waals surface area contributed by atoms with Crippen molar-refractivity contribution in [2.75, 3.05) is 6.54 Å². The van der Waals surface area contributed by atoms with Gasteiger partial charge < -0.3 is 41.3 Å². The first-order chi connectivity index (χ1) is 32.4. The molecule has 0 bridgehead atoms. The number of aliphatic carboxylic acids is 1. The molecule has 1 aromatic carbocycles. The number of aromatic hydroxyl groups is 1. The highest BCUT2D eigenvalue weighted by molar-refractivity contribution is 5.97. The van der Waals surface area contributed by atoms with Gasteiger partial charge in [-0.05, 0) is 75.1 Å². The molecule has 10 N–H and O–H groups in total. The second kappa shape index (κ2) is 24.7. The number of Topliss-reactive ketones (excluding diaryl/α,β-unsaturated/α-hetero) is 3. The van der Waals surface area contributed by atoms with Crippen LogP contribution in [0.2, 0.25) is 0 Å². The Morgan fingerprint density at radius 3 is 2.18 bits per heavy atom. The molecule has 0 spiro atoms. The Morgan fingerprint density at radius 1 is 0.941 bits per heavy atom. The summed E-state index contributed by atoms with van der Waals surface area (Å²) in [5.74, 6) is -5.41. The molecule has 2 saturated heterocycles. The van der Waals surface area contributed by atoms with E-state index in [0.717, 1.165) is 5.01 Å². The lowest BCUT2D eigenvalue weighted by Gasteiger charge is -2.39. The summed E-state index contributed by atoms with van der Waals surface area (Å²) in [4.78, 5) is 128. The van der Waals surface area contributed by atoms with Crippen molar-refractivity contribution in [3.63, 3.8) is 0 Å². The standard InChI is InChI=1S/C47H67N11O10/c1-6-27(4)42(28(5)60)55-45(66)37(19-31-22-50-25-52-31)53-35-13-14-39(43(64)34(48)18-30-21-49-24-51-30)57-15-7-8-40(57)47(68)58(32(23-59)17-29-9-11-33(61)12-10-29)56-38(20-41(62)63)46(67)54-36(44(35)65)16-26(2)3/h9-12,21-27,32,34-40,42,53,56,61H,6-8,13-20,48H2,1-5H3,(H,49,51)(H,50,52)(H,54,67)(H,55,66)(H,62,63)/t27-,32+,34+,35?,36+,37+,38+,39?,40+,42+/m1/s1. The van der Waals surface area contributed by atoms with Gasteiger partial charge in [-0.15, -0.1) is 0 Å². The number of benzene rings is 1. The van der Waals surface area contributed by atoms with Gasteiger partial charge in [-0.3, -0.25) is 48.8 Å². The number of hydrogen-bond donors (Lipinski definition) is 9. The van der Waals surface area contributed by atoms with Crippen LogP contribution in [0.25, 0.3) is 0 Å². The molecule has 0 saturated carbocycles. The van der Waals surface area contributed by atoms with Crippen molar-refractivity contribution in [1.29, 1.82) is 0 Å². The topological polar surface area (TPSA) is 315 Å². The zero-order valence-corrected chi connectivity index (χ0v) is 39.4. The van der Waals surface area contributed by atoms with Crippen molar-refractivity contribution >= 4 is 47.3 Å². The van der Waals surface area contributed by atoms with Crippen LogP contribution in [-0.2, 0) is 57.6 Å². The second-order valence-corrected chi connectivity index (χ2v) is 18.5. The number of aldehydes is 1. The van der Waals surface area contributed by atoms with Crippen LogP contribution >= 0.6 is 0 Å². The molecule has 370 valence electrons. The van der Waals surface area contributed by atoms with Crippen molar-refractivity contribution in [2.45, 2.75) is 153 Å². The molecule has 3 amide bonds. The molecule has 21 heteroatoms. The van der Waals surface area contributed by atoms with Crippen molar-refractivity contribution in [3.05, 3.63) is 66.3 Å². The molecule has 2 aromatic heterocycles. The Bertz CT molecular complexity index is 2190. The van der Waals surface area contributed by atoms with Gasteiger partial charge in [0.1, 0.15) is 24.1 Å². The van der Waals surface area contributed by atoms with Gasteiger partial charge in [0, 0.05) is 43.0 Å². The highest BCUT2D eigenvalue weighted by Crippen LogP contribution is 2.28. The van der Waals surface area contributed by atoms with Crippen LogP contribution in [0.1, 0.15) is 96.5 Å². The molecule has 3 aromatic rings. The lowest BCUT2D eigenvalue weighted by atomic mass is 9.89. The molecular formula is C47H67N11O10. The molecular weight excluding hydrogens is 879 g/mol. The molecule has 0 radical (unpaired) electrons. The highest BCUT2D eigenvalue weighted by Gasteiger charge is 2.45. The average Bonchev–Trinajstić information content (AvgIpc) is 4.12. The number of H-pyrrole nitrogens is 2. The average molecular weight is 946 g/mol. The fourth-order valence-corrected chi connectivity index (χ4v) is 9.06. The van der Waals surface area contributed by atoms with Crippen LogP contribution in [0.5, 0.6) is 5.75 Å². The van der Waals surface area contributed by atoms with Crippen molar-refractivity contribution in [2.24, 2.45) is 17.6 Å². The smallest absolute Gasteiger partial charge is 0.305 e. The summed E-state index contributed by atoms with van der Waals surface area (Å²) in [6.07, 6.45) is 6.63. The Labute approximate surface area is 395 Å². The minimum atomic E-state index is -1.70. The first kappa shape index (κ1) is 52.8. The number of fused-ring (bicyclic) bond motifs is 1. The number of aromatic nitrogens is 4. The third-order valence-corrected chi connectivity index (χ3v) is 12.9. The van der Waals surface area contributed by atoms with E-state index in [0.29, 0.717) is 36.1 Å². The minimum absolute atomic E-state index is 0.00937. The van der Waals surface area contributed by atoms with Crippen molar-refractivity contribution < 1.29 is 48.6 Å². The number of amides is 3. The van der Waals surface area contributed by atoms with E-state index in [4.69, 9.17) is 5.73 Å². The van der Waals surface area contributed by atoms with Crippen molar-refractivity contribution in [1.82, 2.24) is 51.2 Å². The predicted molar refractivity (Wildman–Crippen MR) is 247 cm³/mol. The molecule has 68 heavy (non-hydrogen) atoms. The van der Waals surface area contributed by atoms with E-state index in [2.05, 4.69) is 41.3 Å². The number of aromatic amines is 2. The van der Waals surface area contributed by atoms with Crippen LogP contribution in [0, 0.1) is 11.8 Å². The number of nitrogens with zero attached hydrogens (tertiary/aromatic N) is 4. The van der Waals surface area contributed by atoms with Crippen LogP contribution in [0.4, 0.5) is 0 Å². The maximum Gasteiger partial charge on any atom is 0.305 e. The first-order valence-electron chi connectivity index (χ1n) is 23.3. The van der Waals surface area contributed by atoms with Crippen molar-refractivity contribution in [3.8, 4) is 5.75 Å². The largest absolute Gasteiger partial charge is 0.508 e. The Balaban J connectivity index is 1.64. The van der Waals surface area contributed by atoms with Gasteiger partial charge in [0.25, 0.3) is 5.91 Å². The number of nitrogens with two attached hydrogens (primary N) is 1. The molecule has 2 fully saturated rings. The van der Waals surface area contributed by atoms with Crippen LogP contribution in [-0.4, -0.2) is 148 Å². The highest BCUT2D eigenvalue weighted by atomic mass is 16.4. The van der Waals surface area contributed by atoms with Gasteiger partial charge in [0.05, 0.1) is 61.4 Å². The third-order valence-electron chi connectivity index (χ3n) is 12.9. The van der Waals surface area contributed by atoms with Gasteiger partial charge >= 0.3 is 5.97 Å². The molecule has 10 atom stereocenters. The van der Waals surface area contributed by atoms with Gasteiger partial charge in [-0.1, -0.05) is 46.2 Å². The maximum atomic E-state index is 15.2. The van der Waals surface area contributed by atoms with E-state index in [1.54, 1.807) is 17.0 Å². The quantitative estimate of drug-likeness (QED) is 0.0664. The molecule has 4 heterocycles. The molecule has 21 nitrogen and oxygen atoms in total. The lowest BCUT2D eigenvalue weighted by molar-refractivity contribution is -0.151. The lowest BCUT2D eigenvalue weighted by Crippen LogP contribution is -2.65. The number of hydrogen-bond acceptors (Lipinski definition) is 15. The van der Waals surface area contributed by atoms with E-state index in [1.807, 2.05) is 27.7 Å². The van der Waals surface area contributed by atoms with Gasteiger partial charge in [0.2, 0.25) is 11.8 Å². The Hall–Kier alpha value is -6.16. The zero-order chi connectivity index (χ0) is 49.7. The summed E-state index contributed by atoms with van der Waals surface area (Å²) < 4.78 is 0. The van der Waals surface area contributed by atoms with Crippen LogP contribution < -0.4 is 27.1 Å². The number of rotatable bonds is 21. The zero-order valence-electron chi connectivity index (χ0n) is 39.4. The fourth-order valence-electron chi connectivity index (χ4n) is 9.06. The predicted octanol–water partition coefficient (Wildman–Crippen LogP) is 0.680. The monoisotopic (exact) mass is 946 g/mol. The summed E-state index contributed by atoms with van der Waals surface area (Å²) in [6.45, 7) is 9.00. The van der Waals surface area contributed by atoms with E-state index < -0.39 is 96.1 Å². The minimum Gasteiger partial charge on any atom is -0.508 e. The molecule has 2 aliphatic heterocycles. The van der Waals surface area contributed by atoms with E-state index >= 15 is 9.59 Å². The number of phenols is 1. The van der Waals surface area contributed by atoms with E-state index in [1.165, 1.54) is 44.1 Å². The molecule has 2 unspecified atom stereocenters. The number of imidazole rings is 2. The fraction of sp³-hybridized carbons (Fsp3) is 0.574. The second-order valence-electron chi connectivity index (χ2n) is 18.5. The number of nitrogens with one attached hydrogen (secondary N) is 6. The van der Waals surface area contributed by atoms with Gasteiger partial charge in [-0.2, -0.15) is 0 Å². The first-order valence-corrected chi connectivity index (χ1v) is 23.3. The van der Waals surface area contributed by atoms with E-state index in [9.17, 15) is 39.0 Å². The molecule has 0 aliphatic carbocycles. The molecule has 2 aliphatic rings. The van der Waals surface area contributed by atoms with Gasteiger partial charge in [0.15, 0.2) is 17.3 Å². The number of phenolic OH excluding ortho intramolecular Hbond substituents is 1. The summed E-state index contributed by atoms with van der Waals surface area (Å²) in [6, 6.07) is -4.92.